The van der Waals surface area contributed by atoms with E-state index in [0.717, 1.165) is 17.0 Å². The molecule has 0 unspecified atom stereocenters. The number of aromatic nitrogens is 4. The number of aliphatic hydroxyl groups is 1. The molecule has 1 aliphatic heterocycles. The summed E-state index contributed by atoms with van der Waals surface area (Å²) in [7, 11) is 0. The molecule has 0 aliphatic carbocycles. The molecular weight excluding hydrogens is 537 g/mol. The number of nitrogens with one attached hydrogen (secondary N) is 4. The molecule has 2 aromatic heterocycles. The van der Waals surface area contributed by atoms with Gasteiger partial charge >= 0.3 is 6.18 Å². The number of carbonyl (C=O) groups is 1. The normalized spacial score (nSPS) is 14.6. The predicted molar refractivity (Wildman–Crippen MR) is 151 cm³/mol. The van der Waals surface area contributed by atoms with Crippen molar-refractivity contribution in [3.05, 3.63) is 71.9 Å². The third-order valence-corrected chi connectivity index (χ3v) is 7.16. The van der Waals surface area contributed by atoms with E-state index in [2.05, 4.69) is 40.6 Å². The molecule has 1 amide bonds. The average molecular weight is 565 g/mol. The lowest BCUT2D eigenvalue weighted by Gasteiger charge is -2.36. The summed E-state index contributed by atoms with van der Waals surface area (Å²) in [6.07, 6.45) is -2.84. The Balaban J connectivity index is 1.35. The van der Waals surface area contributed by atoms with Crippen molar-refractivity contribution in [3.8, 4) is 0 Å². The van der Waals surface area contributed by atoms with Crippen LogP contribution in [-0.2, 0) is 6.18 Å². The number of imidazole rings is 1. The van der Waals surface area contributed by atoms with Gasteiger partial charge in [0.2, 0.25) is 5.95 Å². The fraction of sp³-hybridized carbons (Fsp3) is 0.250. The third-order valence-electron chi connectivity index (χ3n) is 7.16. The van der Waals surface area contributed by atoms with Gasteiger partial charge in [0.15, 0.2) is 0 Å². The van der Waals surface area contributed by atoms with Crippen LogP contribution in [0.2, 0.25) is 0 Å². The highest BCUT2D eigenvalue weighted by molar-refractivity contribution is 6.11. The van der Waals surface area contributed by atoms with E-state index in [4.69, 9.17) is 0 Å². The lowest BCUT2D eigenvalue weighted by Crippen LogP contribution is -2.47. The molecule has 212 valence electrons. The van der Waals surface area contributed by atoms with Crippen LogP contribution in [-0.4, -0.2) is 75.4 Å². The van der Waals surface area contributed by atoms with Crippen LogP contribution in [0.1, 0.15) is 15.9 Å². The van der Waals surface area contributed by atoms with Gasteiger partial charge < -0.3 is 25.6 Å². The van der Waals surface area contributed by atoms with Crippen molar-refractivity contribution in [2.24, 2.45) is 0 Å². The van der Waals surface area contributed by atoms with Gasteiger partial charge in [-0.05, 0) is 42.5 Å². The molecule has 0 radical (unpaired) electrons. The molecule has 0 bridgehead atoms. The predicted octanol–water partition coefficient (Wildman–Crippen LogP) is 4.57. The molecule has 3 aromatic carbocycles. The van der Waals surface area contributed by atoms with Crippen molar-refractivity contribution in [2.45, 2.75) is 6.18 Å². The lowest BCUT2D eigenvalue weighted by molar-refractivity contribution is -0.136. The van der Waals surface area contributed by atoms with Crippen LogP contribution >= 0.6 is 0 Å². The van der Waals surface area contributed by atoms with Crippen molar-refractivity contribution in [3.63, 3.8) is 0 Å². The highest BCUT2D eigenvalue weighted by Crippen LogP contribution is 2.36. The number of amides is 1. The number of halogens is 3. The fourth-order valence-corrected chi connectivity index (χ4v) is 5.08. The van der Waals surface area contributed by atoms with E-state index in [-0.39, 0.29) is 24.1 Å². The molecule has 1 fully saturated rings. The topological polar surface area (TPSA) is 125 Å². The number of alkyl halides is 3. The van der Waals surface area contributed by atoms with Gasteiger partial charge in [0.1, 0.15) is 0 Å². The summed E-state index contributed by atoms with van der Waals surface area (Å²) >= 11 is 0. The van der Waals surface area contributed by atoms with Gasteiger partial charge in [0.25, 0.3) is 5.91 Å². The molecule has 41 heavy (non-hydrogen) atoms. The fourth-order valence-electron chi connectivity index (χ4n) is 5.08. The van der Waals surface area contributed by atoms with E-state index in [1.165, 1.54) is 18.2 Å². The van der Waals surface area contributed by atoms with Crippen LogP contribution < -0.4 is 15.5 Å². The van der Waals surface area contributed by atoms with Crippen LogP contribution in [0, 0.1) is 0 Å². The first-order chi connectivity index (χ1) is 19.8. The lowest BCUT2D eigenvalue weighted by atomic mass is 10.1. The van der Waals surface area contributed by atoms with E-state index in [1.54, 1.807) is 30.5 Å². The minimum atomic E-state index is -4.54. The molecule has 0 spiro atoms. The number of fused-ring (bicyclic) bond motifs is 2. The van der Waals surface area contributed by atoms with Crippen LogP contribution in [0.15, 0.2) is 60.8 Å². The molecule has 6 rings (SSSR count). The molecule has 13 heteroatoms. The molecule has 1 saturated heterocycles. The Morgan fingerprint density at radius 3 is 2.61 bits per heavy atom. The minimum Gasteiger partial charge on any atom is -0.395 e. The monoisotopic (exact) mass is 564 g/mol. The number of carbonyl (C=O) groups excluding carboxylic acids is 1. The zero-order chi connectivity index (χ0) is 28.6. The second kappa shape index (κ2) is 10.7. The molecule has 0 saturated carbocycles. The van der Waals surface area contributed by atoms with Crippen molar-refractivity contribution < 1.29 is 23.1 Å². The van der Waals surface area contributed by atoms with Crippen molar-refractivity contribution >= 4 is 50.9 Å². The van der Waals surface area contributed by atoms with E-state index >= 15 is 0 Å². The number of piperazine rings is 1. The van der Waals surface area contributed by atoms with Gasteiger partial charge in [-0.25, -0.2) is 4.98 Å². The van der Waals surface area contributed by atoms with Gasteiger partial charge in [-0.15, -0.1) is 0 Å². The number of hydrogen-bond donors (Lipinski definition) is 5. The molecule has 3 heterocycles. The Labute approximate surface area is 232 Å². The summed E-state index contributed by atoms with van der Waals surface area (Å²) in [5.74, 6) is -0.226. The standard InChI is InChI=1S/C28H27F3N8O2/c29-28(30,31)20-3-1-2-4-21(20)34-27-35-23-14-19(26(41)33-18-6-5-17-16-32-37-22(17)13-18)25(15-24(23)36-27)39-9-7-38(8-10-39)11-12-40/h1-6,13-16,40H,7-12H2,(H,32,37)(H,33,41)(H2,34,35,36). The van der Waals surface area contributed by atoms with E-state index < -0.39 is 11.7 Å². The van der Waals surface area contributed by atoms with Gasteiger partial charge in [-0.3, -0.25) is 14.8 Å². The van der Waals surface area contributed by atoms with E-state index in [1.807, 2.05) is 6.07 Å². The van der Waals surface area contributed by atoms with E-state index in [9.17, 15) is 23.1 Å². The summed E-state index contributed by atoms with van der Waals surface area (Å²) in [6.45, 7) is 3.32. The molecule has 5 aromatic rings. The summed E-state index contributed by atoms with van der Waals surface area (Å²) in [4.78, 5) is 25.4. The summed E-state index contributed by atoms with van der Waals surface area (Å²) in [6, 6.07) is 14.1. The maximum absolute atomic E-state index is 13.6. The number of para-hydroxylation sites is 1. The van der Waals surface area contributed by atoms with Crippen LogP contribution in [0.5, 0.6) is 0 Å². The molecule has 5 N–H and O–H groups in total. The smallest absolute Gasteiger partial charge is 0.395 e. The van der Waals surface area contributed by atoms with E-state index in [0.29, 0.717) is 60.7 Å². The quantitative estimate of drug-likeness (QED) is 0.196. The second-order valence-electron chi connectivity index (χ2n) is 9.82. The summed E-state index contributed by atoms with van der Waals surface area (Å²) in [5.41, 5.74) is 2.47. The van der Waals surface area contributed by atoms with Crippen molar-refractivity contribution in [1.29, 1.82) is 0 Å². The number of hydrogen-bond acceptors (Lipinski definition) is 7. The Kier molecular flexibility index (Phi) is 6.97. The van der Waals surface area contributed by atoms with Gasteiger partial charge in [-0.2, -0.15) is 18.3 Å². The highest BCUT2D eigenvalue weighted by atomic mass is 19.4. The Morgan fingerprint density at radius 2 is 1.83 bits per heavy atom. The first-order valence-corrected chi connectivity index (χ1v) is 13.1. The van der Waals surface area contributed by atoms with Crippen molar-refractivity contribution in [1.82, 2.24) is 25.1 Å². The van der Waals surface area contributed by atoms with Crippen LogP contribution in [0.4, 0.5) is 36.2 Å². The zero-order valence-corrected chi connectivity index (χ0v) is 21.8. The molecule has 1 aliphatic rings. The minimum absolute atomic E-state index is 0.0711. The largest absolute Gasteiger partial charge is 0.418 e. The van der Waals surface area contributed by atoms with Crippen molar-refractivity contribution in [2.75, 3.05) is 54.9 Å². The number of β-amino-alcohol motifs (C(OH)–C–C–N with tert-alkyl or cyclic N) is 1. The second-order valence-corrected chi connectivity index (χ2v) is 9.82. The highest BCUT2D eigenvalue weighted by Gasteiger charge is 2.33. The average Bonchev–Trinajstić information content (AvgIpc) is 3.58. The molecular formula is C28H27F3N8O2. The maximum atomic E-state index is 13.6. The Bertz CT molecular complexity index is 1710. The Hall–Kier alpha value is -4.62. The number of nitrogens with zero attached hydrogens (tertiary/aromatic N) is 4. The van der Waals surface area contributed by atoms with Gasteiger partial charge in [0, 0.05) is 43.8 Å². The molecule has 0 atom stereocenters. The van der Waals surface area contributed by atoms with Crippen LogP contribution in [0.25, 0.3) is 21.9 Å². The summed E-state index contributed by atoms with van der Waals surface area (Å²) in [5, 5.41) is 22.8. The maximum Gasteiger partial charge on any atom is 0.418 e. The van der Waals surface area contributed by atoms with Gasteiger partial charge in [-0.1, -0.05) is 12.1 Å². The van der Waals surface area contributed by atoms with Crippen LogP contribution in [0.3, 0.4) is 0 Å². The summed E-state index contributed by atoms with van der Waals surface area (Å²) < 4.78 is 40.6. The number of benzene rings is 3. The van der Waals surface area contributed by atoms with Gasteiger partial charge in [0.05, 0.1) is 51.9 Å². The number of aromatic amines is 2. The number of anilines is 4. The number of H-pyrrole nitrogens is 2. The third kappa shape index (κ3) is 5.54. The number of rotatable bonds is 7. The SMILES string of the molecule is O=C(Nc1ccc2cn[nH]c2c1)c1cc2nc(Nc3ccccc3C(F)(F)F)[nH]c2cc1N1CCN(CCO)CC1. The first kappa shape index (κ1) is 26.6. The Morgan fingerprint density at radius 1 is 1.02 bits per heavy atom. The number of aliphatic hydroxyl groups excluding tert-OH is 1. The molecule has 10 nitrogen and oxygen atoms in total. The first-order valence-electron chi connectivity index (χ1n) is 13.1. The zero-order valence-electron chi connectivity index (χ0n) is 21.8.